The highest BCUT2D eigenvalue weighted by molar-refractivity contribution is 5.77. The minimum atomic E-state index is 0.0198. The van der Waals surface area contributed by atoms with Gasteiger partial charge in [0.2, 0.25) is 5.91 Å². The van der Waals surface area contributed by atoms with Crippen molar-refractivity contribution in [3.63, 3.8) is 0 Å². The summed E-state index contributed by atoms with van der Waals surface area (Å²) in [6, 6.07) is 5.74. The number of anilines is 1. The third-order valence-electron chi connectivity index (χ3n) is 2.47. The highest BCUT2D eigenvalue weighted by Crippen LogP contribution is 2.15. The fourth-order valence-electron chi connectivity index (χ4n) is 1.28. The first kappa shape index (κ1) is 11.6. The van der Waals surface area contributed by atoms with Crippen LogP contribution in [0.4, 0.5) is 5.69 Å². The van der Waals surface area contributed by atoms with Gasteiger partial charge in [-0.3, -0.25) is 4.79 Å². The maximum Gasteiger partial charge on any atom is 0.222 e. The van der Waals surface area contributed by atoms with E-state index in [9.17, 15) is 4.79 Å². The molecule has 0 saturated carbocycles. The molecule has 1 aromatic rings. The van der Waals surface area contributed by atoms with Gasteiger partial charge in [-0.25, -0.2) is 0 Å². The van der Waals surface area contributed by atoms with E-state index in [1.165, 1.54) is 0 Å². The third kappa shape index (κ3) is 2.98. The highest BCUT2D eigenvalue weighted by Gasteiger charge is 2.07. The van der Waals surface area contributed by atoms with Crippen LogP contribution < -0.4 is 11.1 Å². The minimum absolute atomic E-state index is 0.0198. The van der Waals surface area contributed by atoms with Crippen LogP contribution in [-0.2, 0) is 11.3 Å². The third-order valence-corrected chi connectivity index (χ3v) is 2.47. The summed E-state index contributed by atoms with van der Waals surface area (Å²) in [5.41, 5.74) is 8.66. The summed E-state index contributed by atoms with van der Waals surface area (Å²) in [4.78, 5) is 11.4. The number of carbonyl (C=O) groups excluding carboxylic acids is 1. The van der Waals surface area contributed by atoms with E-state index in [0.29, 0.717) is 6.54 Å². The van der Waals surface area contributed by atoms with E-state index in [-0.39, 0.29) is 11.8 Å². The van der Waals surface area contributed by atoms with Crippen LogP contribution in [0.3, 0.4) is 0 Å². The van der Waals surface area contributed by atoms with Crippen molar-refractivity contribution in [2.45, 2.75) is 27.3 Å². The summed E-state index contributed by atoms with van der Waals surface area (Å²) >= 11 is 0. The molecule has 15 heavy (non-hydrogen) atoms. The van der Waals surface area contributed by atoms with Gasteiger partial charge in [0.1, 0.15) is 0 Å². The van der Waals surface area contributed by atoms with Gasteiger partial charge in [0.05, 0.1) is 0 Å². The molecule has 0 spiro atoms. The van der Waals surface area contributed by atoms with Crippen LogP contribution in [-0.4, -0.2) is 5.91 Å². The molecule has 1 rings (SSSR count). The molecule has 0 radical (unpaired) electrons. The summed E-state index contributed by atoms with van der Waals surface area (Å²) in [5.74, 6) is 0.0863. The summed E-state index contributed by atoms with van der Waals surface area (Å²) in [6.07, 6.45) is 0. The number of nitrogen functional groups attached to an aromatic ring is 1. The number of hydrogen-bond donors (Lipinski definition) is 2. The van der Waals surface area contributed by atoms with Gasteiger partial charge in [-0.15, -0.1) is 0 Å². The van der Waals surface area contributed by atoms with Crippen molar-refractivity contribution < 1.29 is 4.79 Å². The van der Waals surface area contributed by atoms with E-state index in [4.69, 9.17) is 5.73 Å². The van der Waals surface area contributed by atoms with Gasteiger partial charge >= 0.3 is 0 Å². The maximum absolute atomic E-state index is 11.4. The zero-order valence-electron chi connectivity index (χ0n) is 9.50. The first-order valence-electron chi connectivity index (χ1n) is 5.14. The molecule has 0 bridgehead atoms. The zero-order valence-corrected chi connectivity index (χ0v) is 9.50. The lowest BCUT2D eigenvalue weighted by molar-refractivity contribution is -0.124. The number of hydrogen-bond acceptors (Lipinski definition) is 2. The number of nitrogens with one attached hydrogen (secondary N) is 1. The predicted octanol–water partition coefficient (Wildman–Crippen LogP) is 1.85. The van der Waals surface area contributed by atoms with Crippen LogP contribution in [0, 0.1) is 12.8 Å². The Kier molecular flexibility index (Phi) is 3.72. The summed E-state index contributed by atoms with van der Waals surface area (Å²) in [5, 5.41) is 2.87. The quantitative estimate of drug-likeness (QED) is 0.741. The lowest BCUT2D eigenvalue weighted by Crippen LogP contribution is -2.27. The topological polar surface area (TPSA) is 55.1 Å². The van der Waals surface area contributed by atoms with E-state index >= 15 is 0 Å². The number of nitrogens with two attached hydrogens (primary N) is 1. The Labute approximate surface area is 90.7 Å². The van der Waals surface area contributed by atoms with Crippen molar-refractivity contribution in [1.82, 2.24) is 5.32 Å². The van der Waals surface area contributed by atoms with Crippen molar-refractivity contribution in [1.29, 1.82) is 0 Å². The normalized spacial score (nSPS) is 10.4. The van der Waals surface area contributed by atoms with Gasteiger partial charge in [0.25, 0.3) is 0 Å². The standard InChI is InChI=1S/C12H18N2O/c1-8(2)12(15)14-7-10-5-4-6-11(13)9(10)3/h4-6,8H,7,13H2,1-3H3,(H,14,15). The van der Waals surface area contributed by atoms with Crippen molar-refractivity contribution in [2.24, 2.45) is 5.92 Å². The van der Waals surface area contributed by atoms with Gasteiger partial charge in [-0.2, -0.15) is 0 Å². The second kappa shape index (κ2) is 4.82. The van der Waals surface area contributed by atoms with Crippen molar-refractivity contribution in [2.75, 3.05) is 5.73 Å². The molecule has 0 aromatic heterocycles. The zero-order chi connectivity index (χ0) is 11.4. The molecule has 0 heterocycles. The highest BCUT2D eigenvalue weighted by atomic mass is 16.1. The van der Waals surface area contributed by atoms with E-state index in [0.717, 1.165) is 16.8 Å². The minimum Gasteiger partial charge on any atom is -0.399 e. The van der Waals surface area contributed by atoms with Gasteiger partial charge in [-0.05, 0) is 24.1 Å². The largest absolute Gasteiger partial charge is 0.399 e. The van der Waals surface area contributed by atoms with Crippen LogP contribution in [0.5, 0.6) is 0 Å². The first-order chi connectivity index (χ1) is 7.02. The fraction of sp³-hybridized carbons (Fsp3) is 0.417. The van der Waals surface area contributed by atoms with Crippen LogP contribution in [0.2, 0.25) is 0 Å². The van der Waals surface area contributed by atoms with Crippen molar-refractivity contribution in [3.05, 3.63) is 29.3 Å². The molecule has 0 aliphatic rings. The van der Waals surface area contributed by atoms with Crippen LogP contribution in [0.15, 0.2) is 18.2 Å². The number of carbonyl (C=O) groups is 1. The van der Waals surface area contributed by atoms with Gasteiger partial charge < -0.3 is 11.1 Å². The molecule has 3 nitrogen and oxygen atoms in total. The maximum atomic E-state index is 11.4. The van der Waals surface area contributed by atoms with E-state index in [1.54, 1.807) is 0 Å². The predicted molar refractivity (Wildman–Crippen MR) is 62.3 cm³/mol. The van der Waals surface area contributed by atoms with Crippen molar-refractivity contribution in [3.8, 4) is 0 Å². The van der Waals surface area contributed by atoms with Gasteiger partial charge in [0, 0.05) is 18.2 Å². The molecular weight excluding hydrogens is 188 g/mol. The van der Waals surface area contributed by atoms with Crippen LogP contribution in [0.25, 0.3) is 0 Å². The van der Waals surface area contributed by atoms with E-state index in [2.05, 4.69) is 5.32 Å². The Hall–Kier alpha value is -1.51. The molecule has 3 heteroatoms. The lowest BCUT2D eigenvalue weighted by atomic mass is 10.1. The fourth-order valence-corrected chi connectivity index (χ4v) is 1.28. The molecule has 0 fully saturated rings. The second-order valence-electron chi connectivity index (χ2n) is 4.00. The van der Waals surface area contributed by atoms with Gasteiger partial charge in [0.15, 0.2) is 0 Å². The Bertz CT molecular complexity index is 359. The molecule has 0 unspecified atom stereocenters. The SMILES string of the molecule is Cc1c(N)cccc1CNC(=O)C(C)C. The molecule has 0 atom stereocenters. The molecule has 3 N–H and O–H groups in total. The molecule has 0 aliphatic carbocycles. The van der Waals surface area contributed by atoms with Gasteiger partial charge in [-0.1, -0.05) is 26.0 Å². The molecule has 1 amide bonds. The molecular formula is C12H18N2O. The molecule has 0 aliphatic heterocycles. The average molecular weight is 206 g/mol. The second-order valence-corrected chi connectivity index (χ2v) is 4.00. The van der Waals surface area contributed by atoms with Crippen LogP contribution >= 0.6 is 0 Å². The summed E-state index contributed by atoms with van der Waals surface area (Å²) < 4.78 is 0. The lowest BCUT2D eigenvalue weighted by Gasteiger charge is -2.11. The molecule has 1 aromatic carbocycles. The Morgan fingerprint density at radius 3 is 2.73 bits per heavy atom. The summed E-state index contributed by atoms with van der Waals surface area (Å²) in [7, 11) is 0. The Balaban J connectivity index is 2.66. The van der Waals surface area contributed by atoms with Crippen molar-refractivity contribution >= 4 is 11.6 Å². The smallest absolute Gasteiger partial charge is 0.222 e. The first-order valence-corrected chi connectivity index (χ1v) is 5.14. The number of benzene rings is 1. The molecule has 0 saturated heterocycles. The molecule has 82 valence electrons. The number of amides is 1. The Morgan fingerprint density at radius 1 is 1.47 bits per heavy atom. The monoisotopic (exact) mass is 206 g/mol. The Morgan fingerprint density at radius 2 is 2.13 bits per heavy atom. The van der Waals surface area contributed by atoms with E-state index < -0.39 is 0 Å². The van der Waals surface area contributed by atoms with E-state index in [1.807, 2.05) is 39.0 Å². The van der Waals surface area contributed by atoms with Crippen LogP contribution in [0.1, 0.15) is 25.0 Å². The number of rotatable bonds is 3. The summed E-state index contributed by atoms with van der Waals surface area (Å²) in [6.45, 7) is 6.27. The average Bonchev–Trinajstić information content (AvgIpc) is 2.19.